The van der Waals surface area contributed by atoms with Crippen molar-refractivity contribution in [2.75, 3.05) is 79.3 Å². The third-order valence-corrected chi connectivity index (χ3v) is 13.8. The second-order valence-corrected chi connectivity index (χ2v) is 18.1. The summed E-state index contributed by atoms with van der Waals surface area (Å²) in [4.78, 5) is 0. The maximum absolute atomic E-state index is 6.72. The number of rotatable bonds is 23. The van der Waals surface area contributed by atoms with Gasteiger partial charge in [0.25, 0.3) is 8.38 Å². The highest BCUT2D eigenvalue weighted by atomic mass is 31.2. The van der Waals surface area contributed by atoms with Gasteiger partial charge in [-0.2, -0.15) is 0 Å². The highest BCUT2D eigenvalue weighted by molar-refractivity contribution is 7.50. The van der Waals surface area contributed by atoms with Crippen LogP contribution in [-0.2, 0) is 41.6 Å². The van der Waals surface area contributed by atoms with Gasteiger partial charge in [0.05, 0.1) is 79.3 Å². The zero-order valence-electron chi connectivity index (χ0n) is 29.0. The molecule has 14 heteroatoms. The SMILES string of the molecule is CCC1(COPOc2ccc(OP(OCC3(CC)COC3)C(C)(C)OP(OCC3(CC)COC3)OCC3(CC)COC3)cc2)COC1. The molecular weight excluding hydrogens is 665 g/mol. The fourth-order valence-corrected chi connectivity index (χ4v) is 8.93. The fraction of sp³-hybridized carbons (Fsp3) is 0.818. The lowest BCUT2D eigenvalue weighted by atomic mass is 9.84. The van der Waals surface area contributed by atoms with Crippen LogP contribution in [0.2, 0.25) is 0 Å². The van der Waals surface area contributed by atoms with Crippen LogP contribution in [0.4, 0.5) is 0 Å². The Morgan fingerprint density at radius 1 is 0.617 bits per heavy atom. The molecule has 0 aromatic heterocycles. The standard InChI is InChI=1S/C33H55O11P3/c1-7-30(15-34-16-30)23-38-45-42-27-11-13-28(14-12-27)43-46(39-24-31(8-2)17-35-18-31)29(5,6)44-47(40-25-32(9-3)19-36-20-32)41-26-33(10-4)21-37-22-33/h11-14,45H,7-10,15-26H2,1-6H3. The molecule has 2 atom stereocenters. The molecule has 0 N–H and O–H groups in total. The normalized spacial score (nSPS) is 23.0. The van der Waals surface area contributed by atoms with Crippen molar-refractivity contribution in [2.45, 2.75) is 72.6 Å². The summed E-state index contributed by atoms with van der Waals surface area (Å²) >= 11 is 0. The maximum Gasteiger partial charge on any atom is 0.333 e. The van der Waals surface area contributed by atoms with Crippen molar-refractivity contribution in [1.82, 2.24) is 0 Å². The van der Waals surface area contributed by atoms with Crippen molar-refractivity contribution in [1.29, 1.82) is 0 Å². The van der Waals surface area contributed by atoms with E-state index in [-0.39, 0.29) is 30.7 Å². The van der Waals surface area contributed by atoms with Gasteiger partial charge in [0, 0.05) is 21.7 Å². The molecule has 4 aliphatic heterocycles. The molecule has 0 bridgehead atoms. The molecule has 0 spiro atoms. The van der Waals surface area contributed by atoms with E-state index in [4.69, 9.17) is 50.6 Å². The second kappa shape index (κ2) is 16.8. The van der Waals surface area contributed by atoms with Gasteiger partial charge in [0.2, 0.25) is 9.03 Å². The first kappa shape index (κ1) is 38.0. The van der Waals surface area contributed by atoms with Gasteiger partial charge in [-0.1, -0.05) is 27.7 Å². The summed E-state index contributed by atoms with van der Waals surface area (Å²) in [5.41, 5.74) is 0.0964. The van der Waals surface area contributed by atoms with Crippen molar-refractivity contribution < 1.29 is 50.6 Å². The van der Waals surface area contributed by atoms with Crippen LogP contribution in [0.5, 0.6) is 11.5 Å². The van der Waals surface area contributed by atoms with Crippen LogP contribution in [0.1, 0.15) is 67.2 Å². The van der Waals surface area contributed by atoms with Crippen molar-refractivity contribution >= 4 is 26.0 Å². The predicted molar refractivity (Wildman–Crippen MR) is 183 cm³/mol. The summed E-state index contributed by atoms with van der Waals surface area (Å²) < 4.78 is 66.5. The molecule has 0 saturated carbocycles. The number of benzene rings is 1. The largest absolute Gasteiger partial charge is 0.450 e. The molecule has 0 amide bonds. The Kier molecular flexibility index (Phi) is 13.6. The van der Waals surface area contributed by atoms with Crippen molar-refractivity contribution in [3.05, 3.63) is 24.3 Å². The summed E-state index contributed by atoms with van der Waals surface area (Å²) in [6.07, 6.45) is 3.92. The van der Waals surface area contributed by atoms with E-state index in [1.54, 1.807) is 0 Å². The molecule has 1 aromatic rings. The number of hydrogen-bond acceptors (Lipinski definition) is 11. The average Bonchev–Trinajstić information content (AvgIpc) is 2.99. The van der Waals surface area contributed by atoms with Gasteiger partial charge < -0.3 is 46.1 Å². The zero-order chi connectivity index (χ0) is 33.4. The molecule has 47 heavy (non-hydrogen) atoms. The molecule has 1 aromatic carbocycles. The predicted octanol–water partition coefficient (Wildman–Crippen LogP) is 8.02. The topological polar surface area (TPSA) is 102 Å². The van der Waals surface area contributed by atoms with E-state index >= 15 is 0 Å². The number of ether oxygens (including phenoxy) is 4. The Labute approximate surface area is 285 Å². The van der Waals surface area contributed by atoms with Gasteiger partial charge in [-0.3, -0.25) is 4.52 Å². The third kappa shape index (κ3) is 9.75. The third-order valence-electron chi connectivity index (χ3n) is 10.1. The smallest absolute Gasteiger partial charge is 0.333 e. The van der Waals surface area contributed by atoms with Gasteiger partial charge in [-0.15, -0.1) is 0 Å². The fourth-order valence-electron chi connectivity index (χ4n) is 5.22. The first-order valence-corrected chi connectivity index (χ1v) is 20.0. The first-order valence-electron chi connectivity index (χ1n) is 16.9. The van der Waals surface area contributed by atoms with Crippen LogP contribution in [0.3, 0.4) is 0 Å². The summed E-state index contributed by atoms with van der Waals surface area (Å²) in [5.74, 6) is 1.37. The van der Waals surface area contributed by atoms with E-state index in [1.807, 2.05) is 38.1 Å². The number of hydrogen-bond donors (Lipinski definition) is 0. The minimum Gasteiger partial charge on any atom is -0.450 e. The molecule has 2 unspecified atom stereocenters. The van der Waals surface area contributed by atoms with Crippen LogP contribution in [-0.4, -0.2) is 84.6 Å². The van der Waals surface area contributed by atoms with E-state index in [0.29, 0.717) is 77.6 Å². The second-order valence-electron chi connectivity index (χ2n) is 14.3. The maximum atomic E-state index is 6.72. The van der Waals surface area contributed by atoms with Crippen LogP contribution in [0, 0.1) is 21.7 Å². The lowest BCUT2D eigenvalue weighted by Gasteiger charge is -2.44. The zero-order valence-corrected chi connectivity index (χ0v) is 31.8. The molecule has 4 aliphatic rings. The van der Waals surface area contributed by atoms with Crippen LogP contribution < -0.4 is 9.05 Å². The molecule has 4 fully saturated rings. The minimum atomic E-state index is -1.71. The van der Waals surface area contributed by atoms with E-state index in [1.165, 1.54) is 0 Å². The van der Waals surface area contributed by atoms with Crippen molar-refractivity contribution in [3.8, 4) is 11.5 Å². The Bertz CT molecular complexity index is 1040. The average molecular weight is 721 g/mol. The molecule has 4 saturated heterocycles. The van der Waals surface area contributed by atoms with Gasteiger partial charge >= 0.3 is 8.60 Å². The monoisotopic (exact) mass is 720 g/mol. The van der Waals surface area contributed by atoms with Gasteiger partial charge in [-0.25, -0.2) is 0 Å². The van der Waals surface area contributed by atoms with Gasteiger partial charge in [0.15, 0.2) is 5.34 Å². The summed E-state index contributed by atoms with van der Waals surface area (Å²) in [7, 11) is -3.40. The van der Waals surface area contributed by atoms with E-state index < -0.39 is 22.3 Å². The van der Waals surface area contributed by atoms with Crippen LogP contribution in [0.25, 0.3) is 0 Å². The summed E-state index contributed by atoms with van der Waals surface area (Å²) in [6, 6.07) is 7.56. The lowest BCUT2D eigenvalue weighted by molar-refractivity contribution is -0.145. The molecule has 5 rings (SSSR count). The molecule has 268 valence electrons. The van der Waals surface area contributed by atoms with Gasteiger partial charge in [-0.05, 0) is 63.8 Å². The molecule has 0 aliphatic carbocycles. The molecule has 11 nitrogen and oxygen atoms in total. The summed E-state index contributed by atoms with van der Waals surface area (Å²) in [5, 5.41) is -0.865. The highest BCUT2D eigenvalue weighted by Crippen LogP contribution is 2.60. The lowest BCUT2D eigenvalue weighted by Crippen LogP contribution is -2.46. The Morgan fingerprint density at radius 3 is 1.43 bits per heavy atom. The van der Waals surface area contributed by atoms with Crippen molar-refractivity contribution in [2.24, 2.45) is 21.7 Å². The first-order chi connectivity index (χ1) is 22.6. The van der Waals surface area contributed by atoms with E-state index in [0.717, 1.165) is 38.9 Å². The Balaban J connectivity index is 1.23. The van der Waals surface area contributed by atoms with Crippen molar-refractivity contribution in [3.63, 3.8) is 0 Å². The Morgan fingerprint density at radius 2 is 1.02 bits per heavy atom. The quantitative estimate of drug-likeness (QED) is 0.0812. The van der Waals surface area contributed by atoms with Crippen LogP contribution in [0.15, 0.2) is 24.3 Å². The molecular formula is C33H55O11P3. The van der Waals surface area contributed by atoms with Crippen LogP contribution >= 0.6 is 26.0 Å². The van der Waals surface area contributed by atoms with Gasteiger partial charge in [0.1, 0.15) is 11.5 Å². The van der Waals surface area contributed by atoms with E-state index in [9.17, 15) is 0 Å². The summed E-state index contributed by atoms with van der Waals surface area (Å²) in [6.45, 7) is 20.4. The molecule has 4 heterocycles. The Hall–Kier alpha value is -0.250. The van der Waals surface area contributed by atoms with E-state index in [2.05, 4.69) is 27.7 Å². The highest BCUT2D eigenvalue weighted by Gasteiger charge is 2.46. The molecule has 0 radical (unpaired) electrons. The minimum absolute atomic E-state index is 0.00655.